The number of imidazole rings is 1. The third-order valence-electron chi connectivity index (χ3n) is 2.07. The Morgan fingerprint density at radius 2 is 2.31 bits per heavy atom. The van der Waals surface area contributed by atoms with Gasteiger partial charge in [0.1, 0.15) is 10.3 Å². The van der Waals surface area contributed by atoms with E-state index in [0.29, 0.717) is 0 Å². The molecule has 0 bridgehead atoms. The maximum absolute atomic E-state index is 4.28. The Hall–Kier alpha value is -0.830. The first-order valence-corrected chi connectivity index (χ1v) is 5.23. The fourth-order valence-electron chi connectivity index (χ4n) is 1.52. The summed E-state index contributed by atoms with van der Waals surface area (Å²) < 4.78 is 3.18. The number of halogens is 1. The van der Waals surface area contributed by atoms with Crippen LogP contribution in [0.4, 0.5) is 0 Å². The van der Waals surface area contributed by atoms with Crippen LogP contribution in [0.5, 0.6) is 0 Å². The minimum absolute atomic E-state index is 1.01. The standard InChI is InChI=1S/C10H11BrN2/c1-2-4-8-5-3-6-10-12-7-9(11)13(8)10/h3,5-7H,2,4H2,1H3. The number of rotatable bonds is 2. The molecule has 68 valence electrons. The van der Waals surface area contributed by atoms with Crippen LogP contribution >= 0.6 is 15.9 Å². The van der Waals surface area contributed by atoms with E-state index >= 15 is 0 Å². The summed E-state index contributed by atoms with van der Waals surface area (Å²) in [4.78, 5) is 4.28. The second-order valence-electron chi connectivity index (χ2n) is 3.04. The molecule has 13 heavy (non-hydrogen) atoms. The fourth-order valence-corrected chi connectivity index (χ4v) is 2.03. The lowest BCUT2D eigenvalue weighted by Crippen LogP contribution is -1.95. The van der Waals surface area contributed by atoms with Crippen molar-refractivity contribution >= 4 is 21.6 Å². The molecule has 0 aromatic carbocycles. The lowest BCUT2D eigenvalue weighted by atomic mass is 10.2. The van der Waals surface area contributed by atoms with Crippen LogP contribution < -0.4 is 0 Å². The Kier molecular flexibility index (Phi) is 2.36. The van der Waals surface area contributed by atoms with Crippen LogP contribution in [0, 0.1) is 0 Å². The van der Waals surface area contributed by atoms with E-state index in [2.05, 4.69) is 44.4 Å². The highest BCUT2D eigenvalue weighted by molar-refractivity contribution is 9.10. The number of fused-ring (bicyclic) bond motifs is 1. The predicted octanol–water partition coefficient (Wildman–Crippen LogP) is 3.05. The first-order chi connectivity index (χ1) is 6.33. The number of hydrogen-bond acceptors (Lipinski definition) is 1. The minimum atomic E-state index is 1.01. The molecule has 0 saturated carbocycles. The summed E-state index contributed by atoms with van der Waals surface area (Å²) in [6.07, 6.45) is 4.09. The molecule has 0 spiro atoms. The van der Waals surface area contributed by atoms with Gasteiger partial charge in [-0.3, -0.25) is 4.40 Å². The van der Waals surface area contributed by atoms with Gasteiger partial charge in [0, 0.05) is 5.69 Å². The highest BCUT2D eigenvalue weighted by atomic mass is 79.9. The van der Waals surface area contributed by atoms with Gasteiger partial charge >= 0.3 is 0 Å². The third kappa shape index (κ3) is 1.48. The SMILES string of the molecule is CCCc1cccc2ncc(Br)n12. The average molecular weight is 239 g/mol. The van der Waals surface area contributed by atoms with Crippen LogP contribution in [0.1, 0.15) is 19.0 Å². The quantitative estimate of drug-likeness (QED) is 0.787. The van der Waals surface area contributed by atoms with Crippen LogP contribution in [0.3, 0.4) is 0 Å². The molecule has 2 aromatic heterocycles. The van der Waals surface area contributed by atoms with Gasteiger partial charge in [-0.1, -0.05) is 19.4 Å². The van der Waals surface area contributed by atoms with E-state index < -0.39 is 0 Å². The molecule has 0 unspecified atom stereocenters. The van der Waals surface area contributed by atoms with Gasteiger partial charge in [-0.05, 0) is 34.5 Å². The van der Waals surface area contributed by atoms with Crippen molar-refractivity contribution in [2.45, 2.75) is 19.8 Å². The van der Waals surface area contributed by atoms with E-state index in [9.17, 15) is 0 Å². The Morgan fingerprint density at radius 3 is 3.08 bits per heavy atom. The van der Waals surface area contributed by atoms with Crippen molar-refractivity contribution in [3.63, 3.8) is 0 Å². The van der Waals surface area contributed by atoms with Crippen LogP contribution in [-0.2, 0) is 6.42 Å². The summed E-state index contributed by atoms with van der Waals surface area (Å²) in [6.45, 7) is 2.18. The van der Waals surface area contributed by atoms with Gasteiger partial charge < -0.3 is 0 Å². The first-order valence-electron chi connectivity index (χ1n) is 4.43. The average Bonchev–Trinajstić information content (AvgIpc) is 2.50. The van der Waals surface area contributed by atoms with Crippen LogP contribution in [0.2, 0.25) is 0 Å². The second-order valence-corrected chi connectivity index (χ2v) is 3.85. The number of pyridine rings is 1. The lowest BCUT2D eigenvalue weighted by molar-refractivity contribution is 0.855. The van der Waals surface area contributed by atoms with Gasteiger partial charge in [0.15, 0.2) is 0 Å². The molecule has 0 fully saturated rings. The highest BCUT2D eigenvalue weighted by Gasteiger charge is 2.03. The normalized spacial score (nSPS) is 10.9. The maximum atomic E-state index is 4.28. The molecular weight excluding hydrogens is 228 g/mol. The van der Waals surface area contributed by atoms with E-state index in [1.165, 1.54) is 5.69 Å². The van der Waals surface area contributed by atoms with Crippen molar-refractivity contribution in [3.8, 4) is 0 Å². The molecule has 0 radical (unpaired) electrons. The topological polar surface area (TPSA) is 17.3 Å². The Morgan fingerprint density at radius 1 is 1.46 bits per heavy atom. The van der Waals surface area contributed by atoms with Gasteiger partial charge in [-0.2, -0.15) is 0 Å². The zero-order valence-electron chi connectivity index (χ0n) is 7.50. The van der Waals surface area contributed by atoms with Gasteiger partial charge in [0.2, 0.25) is 0 Å². The molecule has 0 saturated heterocycles. The summed E-state index contributed by atoms with van der Waals surface area (Å²) >= 11 is 3.49. The molecule has 0 amide bonds. The predicted molar refractivity (Wildman–Crippen MR) is 56.9 cm³/mol. The first kappa shape index (κ1) is 8.75. The molecular formula is C10H11BrN2. The van der Waals surface area contributed by atoms with Crippen molar-refractivity contribution in [3.05, 3.63) is 34.7 Å². The summed E-state index contributed by atoms with van der Waals surface area (Å²) in [5, 5.41) is 0. The molecule has 2 nitrogen and oxygen atoms in total. The van der Waals surface area contributed by atoms with Crippen molar-refractivity contribution in [2.24, 2.45) is 0 Å². The van der Waals surface area contributed by atoms with E-state index in [4.69, 9.17) is 0 Å². The monoisotopic (exact) mass is 238 g/mol. The molecule has 0 aliphatic rings. The zero-order chi connectivity index (χ0) is 9.26. The smallest absolute Gasteiger partial charge is 0.137 e. The molecule has 0 N–H and O–H groups in total. The number of hydrogen-bond donors (Lipinski definition) is 0. The second kappa shape index (κ2) is 3.50. The summed E-state index contributed by atoms with van der Waals surface area (Å²) in [5.74, 6) is 0. The van der Waals surface area contributed by atoms with Gasteiger partial charge in [0.25, 0.3) is 0 Å². The van der Waals surface area contributed by atoms with Crippen molar-refractivity contribution in [1.29, 1.82) is 0 Å². The number of aryl methyl sites for hydroxylation is 1. The molecule has 3 heteroatoms. The third-order valence-corrected chi connectivity index (χ3v) is 2.63. The van der Waals surface area contributed by atoms with E-state index in [0.717, 1.165) is 23.1 Å². The minimum Gasteiger partial charge on any atom is -0.291 e. The highest BCUT2D eigenvalue weighted by Crippen LogP contribution is 2.16. The fraction of sp³-hybridized carbons (Fsp3) is 0.300. The zero-order valence-corrected chi connectivity index (χ0v) is 9.08. The Labute approximate surface area is 85.7 Å². The van der Waals surface area contributed by atoms with Crippen molar-refractivity contribution in [2.75, 3.05) is 0 Å². The van der Waals surface area contributed by atoms with E-state index in [1.807, 2.05) is 12.3 Å². The van der Waals surface area contributed by atoms with Crippen LogP contribution in [0.15, 0.2) is 29.0 Å². The van der Waals surface area contributed by atoms with Gasteiger partial charge in [-0.25, -0.2) is 4.98 Å². The van der Waals surface area contributed by atoms with Crippen molar-refractivity contribution in [1.82, 2.24) is 9.38 Å². The van der Waals surface area contributed by atoms with E-state index in [1.54, 1.807) is 0 Å². The molecule has 2 rings (SSSR count). The number of aromatic nitrogens is 2. The molecule has 2 heterocycles. The maximum Gasteiger partial charge on any atom is 0.137 e. The van der Waals surface area contributed by atoms with E-state index in [-0.39, 0.29) is 0 Å². The Bertz CT molecular complexity index is 420. The Balaban J connectivity index is 2.65. The largest absolute Gasteiger partial charge is 0.291 e. The summed E-state index contributed by atoms with van der Waals surface area (Å²) in [7, 11) is 0. The van der Waals surface area contributed by atoms with Gasteiger partial charge in [-0.15, -0.1) is 0 Å². The molecule has 0 aliphatic carbocycles. The lowest BCUT2D eigenvalue weighted by Gasteiger charge is -2.03. The van der Waals surface area contributed by atoms with Crippen LogP contribution in [0.25, 0.3) is 5.65 Å². The molecule has 0 atom stereocenters. The summed E-state index contributed by atoms with van der Waals surface area (Å²) in [5.41, 5.74) is 2.32. The van der Waals surface area contributed by atoms with Crippen molar-refractivity contribution < 1.29 is 0 Å². The molecule has 2 aromatic rings. The molecule has 0 aliphatic heterocycles. The summed E-state index contributed by atoms with van der Waals surface area (Å²) in [6, 6.07) is 6.21. The van der Waals surface area contributed by atoms with Gasteiger partial charge in [0.05, 0.1) is 6.20 Å². The van der Waals surface area contributed by atoms with Crippen LogP contribution in [-0.4, -0.2) is 9.38 Å². The number of nitrogens with zero attached hydrogens (tertiary/aromatic N) is 2.